The van der Waals surface area contributed by atoms with Crippen molar-refractivity contribution in [3.05, 3.63) is 5.82 Å². The van der Waals surface area contributed by atoms with Gasteiger partial charge in [0.1, 0.15) is 5.82 Å². The highest BCUT2D eigenvalue weighted by Gasteiger charge is 2.27. The van der Waals surface area contributed by atoms with Gasteiger partial charge >= 0.3 is 0 Å². The Labute approximate surface area is 99.6 Å². The topological polar surface area (TPSA) is 73.1 Å². The second kappa shape index (κ2) is 5.56. The third-order valence-electron chi connectivity index (χ3n) is 2.56. The van der Waals surface area contributed by atoms with Gasteiger partial charge in [-0.15, -0.1) is 0 Å². The Balaban J connectivity index is 1.68. The van der Waals surface area contributed by atoms with Crippen molar-refractivity contribution in [3.8, 4) is 0 Å². The predicted octanol–water partition coefficient (Wildman–Crippen LogP) is 1.19. The van der Waals surface area contributed by atoms with Crippen molar-refractivity contribution in [2.45, 2.75) is 31.2 Å². The standard InChI is InChI=1S/C10H18N4OS/c1-15-6-8(11)4-5-12-10-13-9(14-16-10)7-2-3-7/h7-8H,2-6,11H2,1H3,(H,12,13,14). The summed E-state index contributed by atoms with van der Waals surface area (Å²) in [4.78, 5) is 4.44. The van der Waals surface area contributed by atoms with Crippen LogP contribution >= 0.6 is 11.5 Å². The fraction of sp³-hybridized carbons (Fsp3) is 0.800. The molecule has 1 heterocycles. The summed E-state index contributed by atoms with van der Waals surface area (Å²) in [5.74, 6) is 1.64. The van der Waals surface area contributed by atoms with E-state index in [1.54, 1.807) is 7.11 Å². The largest absolute Gasteiger partial charge is 0.383 e. The molecular weight excluding hydrogens is 224 g/mol. The third kappa shape index (κ3) is 3.40. The van der Waals surface area contributed by atoms with E-state index in [4.69, 9.17) is 10.5 Å². The van der Waals surface area contributed by atoms with Gasteiger partial charge in [-0.1, -0.05) is 0 Å². The van der Waals surface area contributed by atoms with E-state index in [-0.39, 0.29) is 6.04 Å². The molecule has 3 N–H and O–H groups in total. The molecule has 0 aliphatic heterocycles. The minimum absolute atomic E-state index is 0.0910. The SMILES string of the molecule is COCC(N)CCNc1nc(C2CC2)ns1. The van der Waals surface area contributed by atoms with E-state index in [1.165, 1.54) is 24.4 Å². The summed E-state index contributed by atoms with van der Waals surface area (Å²) in [7, 11) is 1.67. The maximum absolute atomic E-state index is 5.81. The molecule has 1 atom stereocenters. The Morgan fingerprint density at radius 1 is 1.62 bits per heavy atom. The monoisotopic (exact) mass is 242 g/mol. The van der Waals surface area contributed by atoms with E-state index in [9.17, 15) is 0 Å². The molecule has 0 radical (unpaired) electrons. The molecule has 0 amide bonds. The number of nitrogens with zero attached hydrogens (tertiary/aromatic N) is 2. The van der Waals surface area contributed by atoms with Gasteiger partial charge in [0.2, 0.25) is 5.13 Å². The number of anilines is 1. The van der Waals surface area contributed by atoms with E-state index in [1.807, 2.05) is 0 Å². The zero-order valence-corrected chi connectivity index (χ0v) is 10.3. The number of methoxy groups -OCH3 is 1. The molecule has 1 aliphatic carbocycles. The number of hydrogen-bond donors (Lipinski definition) is 2. The first-order valence-corrected chi connectivity index (χ1v) is 6.39. The second-order valence-corrected chi connectivity index (χ2v) is 4.91. The van der Waals surface area contributed by atoms with Crippen LogP contribution in [0.15, 0.2) is 0 Å². The Hall–Kier alpha value is -0.720. The first-order chi connectivity index (χ1) is 7.79. The zero-order valence-electron chi connectivity index (χ0n) is 9.48. The number of nitrogens with one attached hydrogen (secondary N) is 1. The van der Waals surface area contributed by atoms with E-state index in [0.717, 1.165) is 23.9 Å². The van der Waals surface area contributed by atoms with Gasteiger partial charge in [0.15, 0.2) is 0 Å². The Bertz CT molecular complexity index is 326. The first-order valence-electron chi connectivity index (χ1n) is 5.61. The average Bonchev–Trinajstić information content (AvgIpc) is 3.00. The number of nitrogens with two attached hydrogens (primary N) is 1. The number of ether oxygens (including phenoxy) is 1. The van der Waals surface area contributed by atoms with Crippen LogP contribution in [0.1, 0.15) is 31.0 Å². The number of rotatable bonds is 7. The third-order valence-corrected chi connectivity index (χ3v) is 3.24. The second-order valence-electron chi connectivity index (χ2n) is 4.16. The van der Waals surface area contributed by atoms with Gasteiger partial charge in [-0.2, -0.15) is 4.37 Å². The lowest BCUT2D eigenvalue weighted by atomic mass is 10.2. The fourth-order valence-electron chi connectivity index (χ4n) is 1.48. The van der Waals surface area contributed by atoms with E-state index >= 15 is 0 Å². The van der Waals surface area contributed by atoms with E-state index in [0.29, 0.717) is 12.5 Å². The molecule has 0 spiro atoms. The molecule has 1 aliphatic rings. The molecule has 1 aromatic rings. The van der Waals surface area contributed by atoms with Gasteiger partial charge in [0, 0.05) is 37.1 Å². The van der Waals surface area contributed by atoms with Crippen molar-refractivity contribution >= 4 is 16.7 Å². The lowest BCUT2D eigenvalue weighted by Gasteiger charge is -2.09. The summed E-state index contributed by atoms with van der Waals surface area (Å²) in [5, 5.41) is 4.16. The van der Waals surface area contributed by atoms with Crippen LogP contribution in [0, 0.1) is 0 Å². The number of hydrogen-bond acceptors (Lipinski definition) is 6. The maximum Gasteiger partial charge on any atom is 0.202 e. The smallest absolute Gasteiger partial charge is 0.202 e. The van der Waals surface area contributed by atoms with Crippen LogP contribution in [0.2, 0.25) is 0 Å². The predicted molar refractivity (Wildman–Crippen MR) is 64.8 cm³/mol. The average molecular weight is 242 g/mol. The molecule has 16 heavy (non-hydrogen) atoms. The van der Waals surface area contributed by atoms with Crippen molar-refractivity contribution in [2.75, 3.05) is 25.6 Å². The lowest BCUT2D eigenvalue weighted by molar-refractivity contribution is 0.178. The fourth-order valence-corrected chi connectivity index (χ4v) is 2.15. The molecule has 1 unspecified atom stereocenters. The summed E-state index contributed by atoms with van der Waals surface area (Å²) < 4.78 is 9.30. The van der Waals surface area contributed by atoms with Crippen molar-refractivity contribution in [2.24, 2.45) is 5.73 Å². The molecule has 0 bridgehead atoms. The zero-order chi connectivity index (χ0) is 11.4. The minimum atomic E-state index is 0.0910. The molecule has 0 saturated heterocycles. The first kappa shape index (κ1) is 11.8. The highest BCUT2D eigenvalue weighted by atomic mass is 32.1. The molecule has 90 valence electrons. The van der Waals surface area contributed by atoms with Crippen LogP contribution < -0.4 is 11.1 Å². The summed E-state index contributed by atoms with van der Waals surface area (Å²) >= 11 is 1.44. The highest BCUT2D eigenvalue weighted by Crippen LogP contribution is 2.39. The van der Waals surface area contributed by atoms with Crippen LogP contribution in [0.3, 0.4) is 0 Å². The van der Waals surface area contributed by atoms with Crippen molar-refractivity contribution in [1.29, 1.82) is 0 Å². The Morgan fingerprint density at radius 2 is 2.44 bits per heavy atom. The van der Waals surface area contributed by atoms with Gasteiger partial charge in [-0.05, 0) is 19.3 Å². The van der Waals surface area contributed by atoms with Gasteiger partial charge in [-0.25, -0.2) is 4.98 Å². The quantitative estimate of drug-likeness (QED) is 0.751. The molecule has 2 rings (SSSR count). The molecular formula is C10H18N4OS. The van der Waals surface area contributed by atoms with Gasteiger partial charge in [0.25, 0.3) is 0 Å². The molecule has 5 nitrogen and oxygen atoms in total. The van der Waals surface area contributed by atoms with Crippen LogP contribution in [0.4, 0.5) is 5.13 Å². The minimum Gasteiger partial charge on any atom is -0.383 e. The van der Waals surface area contributed by atoms with Crippen molar-refractivity contribution in [1.82, 2.24) is 9.36 Å². The lowest BCUT2D eigenvalue weighted by Crippen LogP contribution is -2.28. The summed E-state index contributed by atoms with van der Waals surface area (Å²) in [6.07, 6.45) is 3.37. The molecule has 1 fully saturated rings. The number of aromatic nitrogens is 2. The molecule has 1 saturated carbocycles. The van der Waals surface area contributed by atoms with E-state index < -0.39 is 0 Å². The van der Waals surface area contributed by atoms with Crippen LogP contribution in [0.25, 0.3) is 0 Å². The van der Waals surface area contributed by atoms with Gasteiger partial charge in [0.05, 0.1) is 6.61 Å². The Morgan fingerprint density at radius 3 is 3.12 bits per heavy atom. The van der Waals surface area contributed by atoms with Crippen molar-refractivity contribution < 1.29 is 4.74 Å². The molecule has 1 aromatic heterocycles. The van der Waals surface area contributed by atoms with E-state index in [2.05, 4.69) is 14.7 Å². The maximum atomic E-state index is 5.81. The molecule has 0 aromatic carbocycles. The summed E-state index contributed by atoms with van der Waals surface area (Å²) in [5.41, 5.74) is 5.81. The van der Waals surface area contributed by atoms with Gasteiger partial charge < -0.3 is 15.8 Å². The normalized spacial score (nSPS) is 17.4. The summed E-state index contributed by atoms with van der Waals surface area (Å²) in [6.45, 7) is 1.43. The van der Waals surface area contributed by atoms with Crippen LogP contribution in [-0.4, -0.2) is 35.7 Å². The Kier molecular flexibility index (Phi) is 4.09. The van der Waals surface area contributed by atoms with Crippen LogP contribution in [-0.2, 0) is 4.74 Å². The van der Waals surface area contributed by atoms with Gasteiger partial charge in [-0.3, -0.25) is 0 Å². The van der Waals surface area contributed by atoms with Crippen molar-refractivity contribution in [3.63, 3.8) is 0 Å². The molecule has 6 heteroatoms. The highest BCUT2D eigenvalue weighted by molar-refractivity contribution is 7.09. The van der Waals surface area contributed by atoms with Crippen LogP contribution in [0.5, 0.6) is 0 Å². The summed E-state index contributed by atoms with van der Waals surface area (Å²) in [6, 6.07) is 0.0910.